The van der Waals surface area contributed by atoms with Gasteiger partial charge in [-0.15, -0.1) is 0 Å². The summed E-state index contributed by atoms with van der Waals surface area (Å²) >= 11 is 0. The zero-order valence-electron chi connectivity index (χ0n) is 13.7. The Morgan fingerprint density at radius 3 is 2.50 bits per heavy atom. The van der Waals surface area contributed by atoms with Crippen molar-refractivity contribution in [3.05, 3.63) is 48.0 Å². The van der Waals surface area contributed by atoms with Crippen molar-refractivity contribution in [2.24, 2.45) is 13.0 Å². The van der Waals surface area contributed by atoms with Crippen LogP contribution in [0.5, 0.6) is 0 Å². The predicted molar refractivity (Wildman–Crippen MR) is 89.2 cm³/mol. The van der Waals surface area contributed by atoms with Gasteiger partial charge in [0.15, 0.2) is 0 Å². The Balaban J connectivity index is 1.33. The van der Waals surface area contributed by atoms with Crippen molar-refractivity contribution in [1.82, 2.24) is 14.7 Å². The molecule has 1 amide bonds. The molecule has 2 aliphatic rings. The number of carbonyl (C=O) groups excluding carboxylic acids is 1. The van der Waals surface area contributed by atoms with Gasteiger partial charge in [-0.05, 0) is 42.2 Å². The fraction of sp³-hybridized carbons (Fsp3) is 0.444. The largest absolute Gasteiger partial charge is 0.368 e. The second-order valence-corrected chi connectivity index (χ2v) is 6.68. The summed E-state index contributed by atoms with van der Waals surface area (Å²) in [7, 11) is 1.90. The van der Waals surface area contributed by atoms with Crippen molar-refractivity contribution >= 4 is 11.6 Å². The van der Waals surface area contributed by atoms with Crippen LogP contribution in [-0.4, -0.2) is 46.8 Å². The molecule has 2 fully saturated rings. The number of hydrogen-bond donors (Lipinski definition) is 0. The van der Waals surface area contributed by atoms with Crippen molar-refractivity contribution in [3.8, 4) is 0 Å². The van der Waals surface area contributed by atoms with Crippen LogP contribution in [0.15, 0.2) is 36.7 Å². The van der Waals surface area contributed by atoms with E-state index in [1.54, 1.807) is 16.8 Å². The van der Waals surface area contributed by atoms with Crippen molar-refractivity contribution in [3.63, 3.8) is 0 Å². The molecule has 2 aromatic rings. The van der Waals surface area contributed by atoms with Gasteiger partial charge in [-0.25, -0.2) is 4.39 Å². The smallest absolute Gasteiger partial charge is 0.226 e. The molecule has 1 aromatic carbocycles. The highest BCUT2D eigenvalue weighted by molar-refractivity contribution is 5.83. The van der Waals surface area contributed by atoms with E-state index in [4.69, 9.17) is 0 Å². The summed E-state index contributed by atoms with van der Waals surface area (Å²) in [5.74, 6) is 0.498. The lowest BCUT2D eigenvalue weighted by Gasteiger charge is -2.36. The van der Waals surface area contributed by atoms with Crippen LogP contribution in [0.25, 0.3) is 0 Å². The van der Waals surface area contributed by atoms with E-state index in [9.17, 15) is 9.18 Å². The lowest BCUT2D eigenvalue weighted by Crippen LogP contribution is -2.49. The van der Waals surface area contributed by atoms with E-state index >= 15 is 0 Å². The lowest BCUT2D eigenvalue weighted by atomic mass is 10.1. The number of anilines is 1. The molecule has 4 rings (SSSR count). The average molecular weight is 328 g/mol. The minimum Gasteiger partial charge on any atom is -0.368 e. The Bertz CT molecular complexity index is 734. The van der Waals surface area contributed by atoms with Gasteiger partial charge in [0, 0.05) is 51.0 Å². The molecule has 126 valence electrons. The number of rotatable bonds is 3. The minimum atomic E-state index is -0.220. The molecule has 1 saturated heterocycles. The molecular formula is C18H21FN4O. The monoisotopic (exact) mass is 328 g/mol. The van der Waals surface area contributed by atoms with Crippen LogP contribution >= 0.6 is 0 Å². The highest BCUT2D eigenvalue weighted by Crippen LogP contribution is 2.48. The summed E-state index contributed by atoms with van der Waals surface area (Å²) < 4.78 is 14.8. The normalized spacial score (nSPS) is 23.4. The molecule has 0 unspecified atom stereocenters. The predicted octanol–water partition coefficient (Wildman–Crippen LogP) is 2.01. The van der Waals surface area contributed by atoms with Gasteiger partial charge >= 0.3 is 0 Å². The molecule has 1 aliphatic carbocycles. The Morgan fingerprint density at radius 2 is 1.88 bits per heavy atom. The molecule has 24 heavy (non-hydrogen) atoms. The summed E-state index contributed by atoms with van der Waals surface area (Å²) in [5, 5.41) is 4.19. The van der Waals surface area contributed by atoms with Crippen LogP contribution in [-0.2, 0) is 11.8 Å². The topological polar surface area (TPSA) is 41.4 Å². The van der Waals surface area contributed by atoms with Crippen molar-refractivity contribution in [2.45, 2.75) is 12.3 Å². The number of hydrogen-bond acceptors (Lipinski definition) is 3. The first-order valence-corrected chi connectivity index (χ1v) is 8.39. The molecule has 1 saturated carbocycles. The number of benzene rings is 1. The number of piperazine rings is 1. The summed E-state index contributed by atoms with van der Waals surface area (Å²) in [6, 6.07) is 6.56. The first-order valence-electron chi connectivity index (χ1n) is 8.39. The first-order chi connectivity index (χ1) is 11.6. The number of aryl methyl sites for hydroxylation is 1. The maximum atomic E-state index is 13.0. The second-order valence-electron chi connectivity index (χ2n) is 6.68. The van der Waals surface area contributed by atoms with Gasteiger partial charge in [0.05, 0.1) is 6.20 Å². The molecule has 1 aliphatic heterocycles. The Hall–Kier alpha value is -2.37. The molecule has 2 heterocycles. The summed E-state index contributed by atoms with van der Waals surface area (Å²) in [4.78, 5) is 16.8. The number of amides is 1. The number of nitrogens with zero attached hydrogens (tertiary/aromatic N) is 4. The molecule has 6 heteroatoms. The van der Waals surface area contributed by atoms with Crippen LogP contribution in [0.4, 0.5) is 10.1 Å². The zero-order valence-corrected chi connectivity index (χ0v) is 13.7. The Kier molecular flexibility index (Phi) is 3.75. The van der Waals surface area contributed by atoms with Gasteiger partial charge in [-0.2, -0.15) is 5.10 Å². The number of carbonyl (C=O) groups is 1. The molecule has 5 nitrogen and oxygen atoms in total. The highest BCUT2D eigenvalue weighted by atomic mass is 19.1. The van der Waals surface area contributed by atoms with E-state index in [2.05, 4.69) is 10.00 Å². The maximum absolute atomic E-state index is 13.0. The van der Waals surface area contributed by atoms with Crippen molar-refractivity contribution in [1.29, 1.82) is 0 Å². The Labute approximate surface area is 140 Å². The van der Waals surface area contributed by atoms with Gasteiger partial charge < -0.3 is 9.80 Å². The third-order valence-electron chi connectivity index (χ3n) is 5.04. The minimum absolute atomic E-state index is 0.117. The third kappa shape index (κ3) is 2.88. The van der Waals surface area contributed by atoms with Gasteiger partial charge in [0.2, 0.25) is 5.91 Å². The Morgan fingerprint density at radius 1 is 1.17 bits per heavy atom. The van der Waals surface area contributed by atoms with E-state index in [-0.39, 0.29) is 17.6 Å². The number of halogens is 1. The van der Waals surface area contributed by atoms with Crippen molar-refractivity contribution in [2.75, 3.05) is 31.1 Å². The van der Waals surface area contributed by atoms with Gasteiger partial charge in [-0.1, -0.05) is 0 Å². The van der Waals surface area contributed by atoms with E-state index in [1.807, 2.05) is 24.3 Å². The SMILES string of the molecule is Cn1cc([C@@H]2C[C@H]2C(=O)N2CCN(c3ccc(F)cc3)CC2)cn1. The third-order valence-corrected chi connectivity index (χ3v) is 5.04. The van der Waals surface area contributed by atoms with Crippen molar-refractivity contribution < 1.29 is 9.18 Å². The van der Waals surface area contributed by atoms with Crippen LogP contribution in [0.1, 0.15) is 17.9 Å². The summed E-state index contributed by atoms with van der Waals surface area (Å²) in [5.41, 5.74) is 2.18. The van der Waals surface area contributed by atoms with Crippen LogP contribution in [0.3, 0.4) is 0 Å². The van der Waals surface area contributed by atoms with Crippen LogP contribution < -0.4 is 4.90 Å². The maximum Gasteiger partial charge on any atom is 0.226 e. The second kappa shape index (κ2) is 5.92. The van der Waals surface area contributed by atoms with E-state index < -0.39 is 0 Å². The number of aromatic nitrogens is 2. The molecule has 0 spiro atoms. The molecular weight excluding hydrogens is 307 g/mol. The zero-order chi connectivity index (χ0) is 16.7. The quantitative estimate of drug-likeness (QED) is 0.865. The average Bonchev–Trinajstić information content (AvgIpc) is 3.29. The standard InChI is InChI=1S/C18H21FN4O/c1-21-12-13(11-20-21)16-10-17(16)18(24)23-8-6-22(7-9-23)15-4-2-14(19)3-5-15/h2-5,11-12,16-17H,6-10H2,1H3/t16-,17+/m0/s1. The van der Waals surface area contributed by atoms with Gasteiger partial charge in [-0.3, -0.25) is 9.48 Å². The van der Waals surface area contributed by atoms with Crippen LogP contribution in [0, 0.1) is 11.7 Å². The first kappa shape index (κ1) is 15.2. The van der Waals surface area contributed by atoms with E-state index in [0.29, 0.717) is 5.92 Å². The molecule has 1 aromatic heterocycles. The van der Waals surface area contributed by atoms with Crippen LogP contribution in [0.2, 0.25) is 0 Å². The summed E-state index contributed by atoms with van der Waals surface area (Å²) in [6.07, 6.45) is 4.80. The van der Waals surface area contributed by atoms with Gasteiger partial charge in [0.1, 0.15) is 5.82 Å². The highest BCUT2D eigenvalue weighted by Gasteiger charge is 2.46. The lowest BCUT2D eigenvalue weighted by molar-refractivity contribution is -0.132. The fourth-order valence-electron chi connectivity index (χ4n) is 3.54. The fourth-order valence-corrected chi connectivity index (χ4v) is 3.54. The van der Waals surface area contributed by atoms with E-state index in [1.165, 1.54) is 17.7 Å². The van der Waals surface area contributed by atoms with Gasteiger partial charge in [0.25, 0.3) is 0 Å². The molecule has 0 bridgehead atoms. The summed E-state index contributed by atoms with van der Waals surface area (Å²) in [6.45, 7) is 3.04. The molecule has 0 N–H and O–H groups in total. The molecule has 2 atom stereocenters. The van der Waals surface area contributed by atoms with E-state index in [0.717, 1.165) is 38.3 Å². The molecule has 0 radical (unpaired) electrons.